The van der Waals surface area contributed by atoms with Gasteiger partial charge in [0.25, 0.3) is 20.0 Å². The lowest BCUT2D eigenvalue weighted by Crippen LogP contribution is -2.44. The number of anilines is 2. The van der Waals surface area contributed by atoms with Gasteiger partial charge in [-0.15, -0.1) is 22.7 Å². The summed E-state index contributed by atoms with van der Waals surface area (Å²) in [5.74, 6) is 0. The molecule has 0 amide bonds. The van der Waals surface area contributed by atoms with Crippen molar-refractivity contribution in [1.82, 2.24) is 18.6 Å². The first-order chi connectivity index (χ1) is 24.1. The molecule has 2 aromatic heterocycles. The Morgan fingerprint density at radius 1 is 0.600 bits per heavy atom. The van der Waals surface area contributed by atoms with Gasteiger partial charge in [0.1, 0.15) is 0 Å². The summed E-state index contributed by atoms with van der Waals surface area (Å²) in [5, 5.41) is 6.70. The summed E-state index contributed by atoms with van der Waals surface area (Å²) in [7, 11) is -7.67. The summed E-state index contributed by atoms with van der Waals surface area (Å²) in [5.41, 5.74) is 4.99. The van der Waals surface area contributed by atoms with Gasteiger partial charge in [0.05, 0.1) is 33.8 Å². The Morgan fingerprint density at radius 3 is 1.34 bits per heavy atom. The lowest BCUT2D eigenvalue weighted by molar-refractivity contribution is 0.263. The molecule has 2 aliphatic rings. The second-order valence-corrected chi connectivity index (χ2v) is 19.5. The van der Waals surface area contributed by atoms with E-state index in [9.17, 15) is 16.8 Å². The summed E-state index contributed by atoms with van der Waals surface area (Å²) in [6.07, 6.45) is 9.54. The lowest BCUT2D eigenvalue weighted by atomic mass is 9.96. The minimum atomic E-state index is -3.84. The molecule has 266 valence electrons. The topological polar surface area (TPSA) is 125 Å². The minimum Gasteiger partial charge on any atom is -0.371 e. The number of aromatic nitrogens is 2. The van der Waals surface area contributed by atoms with E-state index < -0.39 is 20.0 Å². The molecule has 0 radical (unpaired) electrons. The predicted octanol–water partition coefficient (Wildman–Crippen LogP) is 8.31. The molecule has 0 bridgehead atoms. The molecular weight excluding hydrogens is 709 g/mol. The fourth-order valence-corrected chi connectivity index (χ4v) is 13.1. The van der Waals surface area contributed by atoms with E-state index in [0.29, 0.717) is 11.0 Å². The highest BCUT2D eigenvalue weighted by atomic mass is 32.3. The number of aryl methyl sites for hydroxylation is 2. The van der Waals surface area contributed by atoms with Crippen molar-refractivity contribution in [2.24, 2.45) is 0 Å². The number of sulfonamides is 2. The van der Waals surface area contributed by atoms with Crippen molar-refractivity contribution in [3.05, 3.63) is 71.8 Å². The van der Waals surface area contributed by atoms with Gasteiger partial charge in [0, 0.05) is 23.5 Å². The molecule has 0 atom stereocenters. The molecule has 2 heterocycles. The highest BCUT2D eigenvalue weighted by molar-refractivity contribution is 7.91. The predicted molar refractivity (Wildman–Crippen MR) is 204 cm³/mol. The average Bonchev–Trinajstić information content (AvgIpc) is 3.78. The van der Waals surface area contributed by atoms with Crippen LogP contribution < -0.4 is 10.6 Å². The van der Waals surface area contributed by atoms with Crippen LogP contribution in [-0.4, -0.2) is 60.8 Å². The molecule has 2 saturated carbocycles. The van der Waals surface area contributed by atoms with Crippen molar-refractivity contribution in [2.45, 2.75) is 98.8 Å². The second kappa shape index (κ2) is 14.8. The Morgan fingerprint density at radius 2 is 0.980 bits per heavy atom. The van der Waals surface area contributed by atoms with Gasteiger partial charge in [-0.1, -0.05) is 62.8 Å². The highest BCUT2D eigenvalue weighted by Crippen LogP contribution is 2.35. The zero-order valence-electron chi connectivity index (χ0n) is 28.5. The number of benzene rings is 3. The van der Waals surface area contributed by atoms with E-state index >= 15 is 0 Å². The third-order valence-corrected chi connectivity index (χ3v) is 16.9. The van der Waals surface area contributed by atoms with Crippen LogP contribution in [0.3, 0.4) is 0 Å². The normalized spacial score (nSPS) is 16.9. The lowest BCUT2D eigenvalue weighted by Gasteiger charge is -2.33. The highest BCUT2D eigenvalue weighted by Gasteiger charge is 2.36. The van der Waals surface area contributed by atoms with E-state index in [2.05, 4.69) is 20.6 Å². The van der Waals surface area contributed by atoms with Crippen molar-refractivity contribution in [3.8, 4) is 0 Å². The smallest absolute Gasteiger partial charge is 0.272 e. The molecule has 7 rings (SSSR count). The zero-order chi connectivity index (χ0) is 34.9. The summed E-state index contributed by atoms with van der Waals surface area (Å²) in [6.45, 7) is 4.21. The molecule has 3 aromatic carbocycles. The first kappa shape index (κ1) is 35.3. The molecule has 0 unspecified atom stereocenters. The van der Waals surface area contributed by atoms with Crippen molar-refractivity contribution < 1.29 is 16.8 Å². The van der Waals surface area contributed by atoms with Crippen molar-refractivity contribution in [2.75, 3.05) is 24.0 Å². The van der Waals surface area contributed by atoms with E-state index in [1.54, 1.807) is 8.61 Å². The van der Waals surface area contributed by atoms with Gasteiger partial charge in [-0.2, -0.15) is 8.61 Å². The number of fused-ring (bicyclic) bond motifs is 2. The quantitative estimate of drug-likeness (QED) is 0.122. The largest absolute Gasteiger partial charge is 0.371 e. The fraction of sp³-hybridized carbons (Fsp3) is 0.444. The standard InChI is InChI=1S/C36H44N6O4S4/c1-25-11-9-17-31-33(25)47-35(39-31)49(43,44)41(29-13-5-3-6-14-29)23-37-27-19-21-28(22-20-27)38-24-42(30-15-7-4-8-16-30)50(45,46)36-40-32-18-10-12-26(2)34(32)48-36/h9-12,17-22,29-30,37-38H,3-8,13-16,23-24H2,1-2H3. The fourth-order valence-electron chi connectivity index (χ4n) is 7.16. The second-order valence-electron chi connectivity index (χ2n) is 13.4. The Kier molecular flexibility index (Phi) is 10.5. The van der Waals surface area contributed by atoms with Crippen molar-refractivity contribution in [1.29, 1.82) is 0 Å². The van der Waals surface area contributed by atoms with Crippen LogP contribution in [0.15, 0.2) is 69.3 Å². The van der Waals surface area contributed by atoms with Crippen LogP contribution in [0.4, 0.5) is 11.4 Å². The number of hydrogen-bond acceptors (Lipinski definition) is 10. The molecule has 2 N–H and O–H groups in total. The van der Waals surface area contributed by atoms with Gasteiger partial charge in [0.15, 0.2) is 0 Å². The maximum atomic E-state index is 14.1. The summed E-state index contributed by atoms with van der Waals surface area (Å²) in [4.78, 5) is 9.10. The van der Waals surface area contributed by atoms with E-state index in [0.717, 1.165) is 96.1 Å². The van der Waals surface area contributed by atoms with Crippen LogP contribution in [0.1, 0.15) is 75.3 Å². The molecule has 2 fully saturated rings. The number of nitrogens with one attached hydrogen (secondary N) is 2. The molecule has 0 spiro atoms. The number of thiazole rings is 2. The van der Waals surface area contributed by atoms with E-state index in [-0.39, 0.29) is 34.1 Å². The van der Waals surface area contributed by atoms with Crippen LogP contribution in [0.25, 0.3) is 20.4 Å². The maximum absolute atomic E-state index is 14.1. The molecular formula is C36H44N6O4S4. The Balaban J connectivity index is 1.06. The molecule has 0 aliphatic heterocycles. The maximum Gasteiger partial charge on any atom is 0.272 e. The SMILES string of the molecule is Cc1cccc2nc(S(=O)(=O)N(CNc3ccc(NCN(C4CCCCC4)S(=O)(=O)c4nc5cccc(C)c5s4)cc3)C3CCCCC3)sc12. The number of nitrogens with zero attached hydrogens (tertiary/aromatic N) is 4. The van der Waals surface area contributed by atoms with E-state index in [4.69, 9.17) is 0 Å². The third kappa shape index (κ3) is 7.28. The van der Waals surface area contributed by atoms with Crippen LogP contribution in [0.2, 0.25) is 0 Å². The van der Waals surface area contributed by atoms with E-state index in [1.165, 1.54) is 22.7 Å². The molecule has 14 heteroatoms. The molecule has 0 saturated heterocycles. The number of rotatable bonds is 12. The first-order valence-electron chi connectivity index (χ1n) is 17.4. The van der Waals surface area contributed by atoms with Crippen LogP contribution in [0.5, 0.6) is 0 Å². The third-order valence-electron chi connectivity index (χ3n) is 9.97. The molecule has 10 nitrogen and oxygen atoms in total. The zero-order valence-corrected chi connectivity index (χ0v) is 31.7. The van der Waals surface area contributed by atoms with Gasteiger partial charge in [0.2, 0.25) is 8.68 Å². The first-order valence-corrected chi connectivity index (χ1v) is 22.0. The van der Waals surface area contributed by atoms with Crippen LogP contribution >= 0.6 is 22.7 Å². The monoisotopic (exact) mass is 752 g/mol. The Labute approximate surface area is 303 Å². The molecule has 5 aromatic rings. The Bertz CT molecular complexity index is 2020. The van der Waals surface area contributed by atoms with Gasteiger partial charge in [-0.25, -0.2) is 26.8 Å². The molecule has 50 heavy (non-hydrogen) atoms. The molecule has 2 aliphatic carbocycles. The summed E-state index contributed by atoms with van der Waals surface area (Å²) in [6, 6.07) is 18.9. The average molecular weight is 753 g/mol. The minimum absolute atomic E-state index is 0.0950. The number of hydrogen-bond donors (Lipinski definition) is 2. The van der Waals surface area contributed by atoms with Gasteiger partial charge in [-0.05, 0) is 87.1 Å². The summed E-state index contributed by atoms with van der Waals surface area (Å²) >= 11 is 2.48. The van der Waals surface area contributed by atoms with Gasteiger partial charge in [-0.3, -0.25) is 0 Å². The van der Waals surface area contributed by atoms with Gasteiger partial charge >= 0.3 is 0 Å². The van der Waals surface area contributed by atoms with E-state index in [1.807, 2.05) is 74.5 Å². The Hall–Kier alpha value is -3.14. The van der Waals surface area contributed by atoms with Gasteiger partial charge < -0.3 is 10.6 Å². The van der Waals surface area contributed by atoms with Crippen molar-refractivity contribution in [3.63, 3.8) is 0 Å². The van der Waals surface area contributed by atoms with Crippen LogP contribution in [-0.2, 0) is 20.0 Å². The summed E-state index contributed by atoms with van der Waals surface area (Å²) < 4.78 is 61.6. The van der Waals surface area contributed by atoms with Crippen LogP contribution in [0, 0.1) is 13.8 Å². The van der Waals surface area contributed by atoms with Crippen molar-refractivity contribution >= 4 is 74.5 Å².